The Bertz CT molecular complexity index is 310. The van der Waals surface area contributed by atoms with E-state index in [1.807, 2.05) is 12.1 Å². The van der Waals surface area contributed by atoms with Gasteiger partial charge < -0.3 is 14.8 Å². The van der Waals surface area contributed by atoms with Crippen molar-refractivity contribution in [3.8, 4) is 5.75 Å². The van der Waals surface area contributed by atoms with Gasteiger partial charge in [0, 0.05) is 0 Å². The smallest absolute Gasteiger partial charge is 0.119 e. The predicted molar refractivity (Wildman–Crippen MR) is 59.3 cm³/mol. The maximum atomic E-state index is 5.17. The van der Waals surface area contributed by atoms with Gasteiger partial charge in [-0.3, -0.25) is 0 Å². The highest BCUT2D eigenvalue weighted by Crippen LogP contribution is 2.12. The zero-order chi connectivity index (χ0) is 10.5. The van der Waals surface area contributed by atoms with Gasteiger partial charge in [0.25, 0.3) is 0 Å². The van der Waals surface area contributed by atoms with Gasteiger partial charge in [-0.25, -0.2) is 0 Å². The summed E-state index contributed by atoms with van der Waals surface area (Å²) in [6.07, 6.45) is 1.04. The highest BCUT2D eigenvalue weighted by Gasteiger charge is 2.16. The topological polar surface area (TPSA) is 30.5 Å². The summed E-state index contributed by atoms with van der Waals surface area (Å²) < 4.78 is 10.3. The first kappa shape index (κ1) is 10.5. The zero-order valence-corrected chi connectivity index (χ0v) is 9.03. The Morgan fingerprint density at radius 3 is 3.00 bits per heavy atom. The zero-order valence-electron chi connectivity index (χ0n) is 9.03. The van der Waals surface area contributed by atoms with Gasteiger partial charge in [0.15, 0.2) is 0 Å². The molecule has 0 atom stereocenters. The van der Waals surface area contributed by atoms with Gasteiger partial charge in [-0.05, 0) is 30.7 Å². The monoisotopic (exact) mass is 207 g/mol. The van der Waals surface area contributed by atoms with Crippen LogP contribution in [0, 0.1) is 0 Å². The molecule has 3 heteroatoms. The summed E-state index contributed by atoms with van der Waals surface area (Å²) in [6, 6.07) is 8.77. The molecule has 1 N–H and O–H groups in total. The number of ether oxygens (including phenoxy) is 2. The Kier molecular flexibility index (Phi) is 3.59. The number of methoxy groups -OCH3 is 1. The second-order valence-corrected chi connectivity index (χ2v) is 3.79. The van der Waals surface area contributed by atoms with E-state index in [2.05, 4.69) is 17.4 Å². The molecule has 0 spiro atoms. The summed E-state index contributed by atoms with van der Waals surface area (Å²) in [4.78, 5) is 0. The van der Waals surface area contributed by atoms with Crippen molar-refractivity contribution in [2.75, 3.05) is 26.9 Å². The van der Waals surface area contributed by atoms with Crippen LogP contribution < -0.4 is 10.1 Å². The lowest BCUT2D eigenvalue weighted by atomic mass is 10.1. The summed E-state index contributed by atoms with van der Waals surface area (Å²) in [5.41, 5.74) is 1.31. The minimum Gasteiger partial charge on any atom is -0.497 e. The number of nitrogens with one attached hydrogen (secondary N) is 1. The van der Waals surface area contributed by atoms with Gasteiger partial charge in [0.1, 0.15) is 5.75 Å². The number of hydrogen-bond acceptors (Lipinski definition) is 3. The third-order valence-corrected chi connectivity index (χ3v) is 2.62. The fraction of sp³-hybridized carbons (Fsp3) is 0.500. The molecule has 1 heterocycles. The van der Waals surface area contributed by atoms with Crippen molar-refractivity contribution in [3.63, 3.8) is 0 Å². The molecule has 82 valence electrons. The summed E-state index contributed by atoms with van der Waals surface area (Å²) in [7, 11) is 1.70. The molecule has 1 aliphatic rings. The van der Waals surface area contributed by atoms with Crippen molar-refractivity contribution < 1.29 is 9.47 Å². The van der Waals surface area contributed by atoms with E-state index in [0.717, 1.165) is 31.9 Å². The fourth-order valence-electron chi connectivity index (χ4n) is 1.60. The Hall–Kier alpha value is -1.06. The quantitative estimate of drug-likeness (QED) is 0.787. The van der Waals surface area contributed by atoms with Crippen molar-refractivity contribution in [1.82, 2.24) is 5.32 Å². The minimum atomic E-state index is 0.565. The van der Waals surface area contributed by atoms with Gasteiger partial charge in [0.2, 0.25) is 0 Å². The highest BCUT2D eigenvalue weighted by molar-refractivity contribution is 5.28. The van der Waals surface area contributed by atoms with Gasteiger partial charge in [-0.2, -0.15) is 0 Å². The largest absolute Gasteiger partial charge is 0.497 e. The summed E-state index contributed by atoms with van der Waals surface area (Å²) in [6.45, 7) is 2.72. The molecule has 15 heavy (non-hydrogen) atoms. The van der Waals surface area contributed by atoms with E-state index >= 15 is 0 Å². The lowest BCUT2D eigenvalue weighted by Crippen LogP contribution is -2.46. The number of hydrogen-bond donors (Lipinski definition) is 1. The van der Waals surface area contributed by atoms with Crippen molar-refractivity contribution in [2.45, 2.75) is 12.5 Å². The maximum Gasteiger partial charge on any atom is 0.119 e. The van der Waals surface area contributed by atoms with Crippen molar-refractivity contribution >= 4 is 0 Å². The molecule has 0 bridgehead atoms. The van der Waals surface area contributed by atoms with Crippen LogP contribution in [0.1, 0.15) is 5.56 Å². The molecule has 0 aromatic heterocycles. The van der Waals surface area contributed by atoms with E-state index in [4.69, 9.17) is 9.47 Å². The van der Waals surface area contributed by atoms with E-state index in [9.17, 15) is 0 Å². The first-order valence-electron chi connectivity index (χ1n) is 5.32. The molecule has 0 unspecified atom stereocenters. The van der Waals surface area contributed by atoms with E-state index in [1.54, 1.807) is 7.11 Å². The van der Waals surface area contributed by atoms with Crippen molar-refractivity contribution in [3.05, 3.63) is 29.8 Å². The molecular formula is C12H17NO2. The summed E-state index contributed by atoms with van der Waals surface area (Å²) in [5, 5.41) is 3.44. The molecule has 1 fully saturated rings. The van der Waals surface area contributed by atoms with E-state index in [-0.39, 0.29) is 0 Å². The molecule has 3 nitrogen and oxygen atoms in total. The molecule has 2 rings (SSSR count). The lowest BCUT2D eigenvalue weighted by molar-refractivity contribution is -0.00467. The van der Waals surface area contributed by atoms with E-state index in [0.29, 0.717) is 6.04 Å². The van der Waals surface area contributed by atoms with Gasteiger partial charge in [-0.15, -0.1) is 0 Å². The van der Waals surface area contributed by atoms with Crippen LogP contribution in [-0.4, -0.2) is 32.9 Å². The average Bonchev–Trinajstić information content (AvgIpc) is 2.22. The van der Waals surface area contributed by atoms with Crippen LogP contribution in [0.4, 0.5) is 0 Å². The Balaban J connectivity index is 1.76. The maximum absolute atomic E-state index is 5.17. The Morgan fingerprint density at radius 2 is 2.33 bits per heavy atom. The standard InChI is InChI=1S/C12H17NO2/c1-14-12-4-2-3-10(7-12)5-6-13-11-8-15-9-11/h2-4,7,11,13H,5-6,8-9H2,1H3. The first-order chi connectivity index (χ1) is 7.38. The average molecular weight is 207 g/mol. The molecule has 1 aromatic carbocycles. The second kappa shape index (κ2) is 5.14. The van der Waals surface area contributed by atoms with Crippen LogP contribution in [0.2, 0.25) is 0 Å². The van der Waals surface area contributed by atoms with Crippen LogP contribution in [0.5, 0.6) is 5.75 Å². The Morgan fingerprint density at radius 1 is 1.47 bits per heavy atom. The Labute approximate surface area is 90.4 Å². The molecule has 0 radical (unpaired) electrons. The number of benzene rings is 1. The van der Waals surface area contributed by atoms with Crippen molar-refractivity contribution in [1.29, 1.82) is 0 Å². The van der Waals surface area contributed by atoms with Crippen LogP contribution in [0.25, 0.3) is 0 Å². The third-order valence-electron chi connectivity index (χ3n) is 2.62. The lowest BCUT2D eigenvalue weighted by Gasteiger charge is -2.26. The van der Waals surface area contributed by atoms with Crippen molar-refractivity contribution in [2.24, 2.45) is 0 Å². The van der Waals surface area contributed by atoms with Gasteiger partial charge in [-0.1, -0.05) is 12.1 Å². The minimum absolute atomic E-state index is 0.565. The molecule has 0 amide bonds. The SMILES string of the molecule is COc1cccc(CCNC2COC2)c1. The van der Waals surface area contributed by atoms with E-state index in [1.165, 1.54) is 5.56 Å². The van der Waals surface area contributed by atoms with Gasteiger partial charge in [0.05, 0.1) is 26.4 Å². The molecule has 1 saturated heterocycles. The van der Waals surface area contributed by atoms with Crippen LogP contribution in [0.15, 0.2) is 24.3 Å². The fourth-order valence-corrected chi connectivity index (χ4v) is 1.60. The molecule has 0 saturated carbocycles. The molecular weight excluding hydrogens is 190 g/mol. The summed E-state index contributed by atoms with van der Waals surface area (Å²) >= 11 is 0. The van der Waals surface area contributed by atoms with Crippen LogP contribution in [0.3, 0.4) is 0 Å². The first-order valence-corrected chi connectivity index (χ1v) is 5.32. The highest BCUT2D eigenvalue weighted by atomic mass is 16.5. The number of rotatable bonds is 5. The second-order valence-electron chi connectivity index (χ2n) is 3.79. The predicted octanol–water partition coefficient (Wildman–Crippen LogP) is 1.23. The van der Waals surface area contributed by atoms with E-state index < -0.39 is 0 Å². The molecule has 1 aliphatic heterocycles. The normalized spacial score (nSPS) is 16.1. The molecule has 1 aromatic rings. The van der Waals surface area contributed by atoms with Gasteiger partial charge >= 0.3 is 0 Å². The third kappa shape index (κ3) is 2.94. The van der Waals surface area contributed by atoms with Crippen LogP contribution >= 0.6 is 0 Å². The summed E-state index contributed by atoms with van der Waals surface area (Å²) in [5.74, 6) is 0.930. The van der Waals surface area contributed by atoms with Crippen LogP contribution in [-0.2, 0) is 11.2 Å². The molecule has 0 aliphatic carbocycles.